The quantitative estimate of drug-likeness (QED) is 0.797. The zero-order valence-corrected chi connectivity index (χ0v) is 11.8. The number of nitrogens with zero attached hydrogens (tertiary/aromatic N) is 3. The Hall–Kier alpha value is -2.59. The number of nitrogens with one attached hydrogen (secondary N) is 1. The van der Waals surface area contributed by atoms with Crippen molar-refractivity contribution in [1.82, 2.24) is 20.3 Å². The molecule has 4 heteroatoms. The van der Waals surface area contributed by atoms with Crippen LogP contribution in [0.5, 0.6) is 0 Å². The average molecular weight is 278 g/mol. The first-order valence-corrected chi connectivity index (χ1v) is 6.80. The largest absolute Gasteiger partial charge is 0.306 e. The summed E-state index contributed by atoms with van der Waals surface area (Å²) in [4.78, 5) is 12.2. The fraction of sp³-hybridized carbons (Fsp3) is 0.118. The first kappa shape index (κ1) is 14.8. The van der Waals surface area contributed by atoms with Gasteiger partial charge in [-0.3, -0.25) is 15.0 Å². The van der Waals surface area contributed by atoms with E-state index in [1.807, 2.05) is 54.6 Å². The number of hydrogen-bond acceptors (Lipinski definition) is 4. The Bertz CT molecular complexity index is 519. The van der Waals surface area contributed by atoms with Crippen molar-refractivity contribution < 1.29 is 0 Å². The highest BCUT2D eigenvalue weighted by molar-refractivity contribution is 5.05. The number of aromatic nitrogens is 3. The molecule has 0 aliphatic heterocycles. The molecule has 0 unspecified atom stereocenters. The third-order valence-electron chi connectivity index (χ3n) is 2.63. The van der Waals surface area contributed by atoms with E-state index in [-0.39, 0.29) is 0 Å². The van der Waals surface area contributed by atoms with Gasteiger partial charge >= 0.3 is 0 Å². The Morgan fingerprint density at radius 1 is 0.619 bits per heavy atom. The molecule has 3 rings (SSSR count). The summed E-state index contributed by atoms with van der Waals surface area (Å²) in [5, 5.41) is 3.29. The molecule has 4 nitrogen and oxygen atoms in total. The van der Waals surface area contributed by atoms with E-state index in [1.54, 1.807) is 24.8 Å². The Morgan fingerprint density at radius 3 is 1.48 bits per heavy atom. The number of hydrogen-bond donors (Lipinski definition) is 1. The van der Waals surface area contributed by atoms with Crippen LogP contribution in [0.2, 0.25) is 0 Å². The standard InChI is InChI=1S/C12H13N3.C5H5N/c1-3-7-14-11(5-1)9-13-10-12-6-2-4-8-15-12;1-2-4-6-5-3-1/h1-8,13H,9-10H2;1-5H. The first-order chi connectivity index (χ1) is 10.4. The van der Waals surface area contributed by atoms with Gasteiger partial charge in [-0.25, -0.2) is 0 Å². The van der Waals surface area contributed by atoms with Gasteiger partial charge in [0.1, 0.15) is 0 Å². The third kappa shape index (κ3) is 6.40. The predicted molar refractivity (Wildman–Crippen MR) is 83.3 cm³/mol. The van der Waals surface area contributed by atoms with Gasteiger partial charge < -0.3 is 5.32 Å². The van der Waals surface area contributed by atoms with Crippen molar-refractivity contribution in [2.24, 2.45) is 0 Å². The van der Waals surface area contributed by atoms with Crippen molar-refractivity contribution in [3.05, 3.63) is 90.8 Å². The molecular formula is C17H18N4. The van der Waals surface area contributed by atoms with Gasteiger partial charge in [-0.15, -0.1) is 0 Å². The molecule has 0 fully saturated rings. The average Bonchev–Trinajstić information content (AvgIpc) is 2.59. The molecule has 0 bridgehead atoms. The van der Waals surface area contributed by atoms with Crippen LogP contribution < -0.4 is 5.32 Å². The zero-order chi connectivity index (χ0) is 14.6. The maximum atomic E-state index is 4.23. The summed E-state index contributed by atoms with van der Waals surface area (Å²) in [5.41, 5.74) is 2.10. The fourth-order valence-corrected chi connectivity index (χ4v) is 1.64. The van der Waals surface area contributed by atoms with Crippen molar-refractivity contribution in [3.63, 3.8) is 0 Å². The minimum Gasteiger partial charge on any atom is -0.306 e. The lowest BCUT2D eigenvalue weighted by Gasteiger charge is -2.03. The minimum atomic E-state index is 0.775. The molecule has 106 valence electrons. The molecule has 0 amide bonds. The Balaban J connectivity index is 0.000000225. The summed E-state index contributed by atoms with van der Waals surface area (Å²) in [6, 6.07) is 17.5. The Morgan fingerprint density at radius 2 is 1.14 bits per heavy atom. The van der Waals surface area contributed by atoms with E-state index >= 15 is 0 Å². The summed E-state index contributed by atoms with van der Waals surface area (Å²) in [6.07, 6.45) is 7.11. The van der Waals surface area contributed by atoms with Gasteiger partial charge in [0, 0.05) is 37.9 Å². The smallest absolute Gasteiger partial charge is 0.0541 e. The van der Waals surface area contributed by atoms with E-state index in [1.165, 1.54) is 0 Å². The second-order valence-electron chi connectivity index (χ2n) is 4.27. The SMILES string of the molecule is c1ccc(CNCc2ccccn2)nc1.c1ccncc1. The minimum absolute atomic E-state index is 0.775. The monoisotopic (exact) mass is 278 g/mol. The van der Waals surface area contributed by atoms with Crippen LogP contribution in [0.4, 0.5) is 0 Å². The van der Waals surface area contributed by atoms with Crippen LogP contribution in [-0.2, 0) is 13.1 Å². The van der Waals surface area contributed by atoms with Gasteiger partial charge in [-0.05, 0) is 36.4 Å². The van der Waals surface area contributed by atoms with Crippen LogP contribution in [0.1, 0.15) is 11.4 Å². The number of rotatable bonds is 4. The lowest BCUT2D eigenvalue weighted by molar-refractivity contribution is 0.667. The molecule has 0 aliphatic carbocycles. The maximum absolute atomic E-state index is 4.23. The predicted octanol–water partition coefficient (Wildman–Crippen LogP) is 2.85. The van der Waals surface area contributed by atoms with Crippen LogP contribution in [-0.4, -0.2) is 15.0 Å². The van der Waals surface area contributed by atoms with Gasteiger partial charge in [-0.1, -0.05) is 18.2 Å². The molecule has 3 heterocycles. The third-order valence-corrected chi connectivity index (χ3v) is 2.63. The second-order valence-corrected chi connectivity index (χ2v) is 4.27. The van der Waals surface area contributed by atoms with Gasteiger partial charge in [0.15, 0.2) is 0 Å². The summed E-state index contributed by atoms with van der Waals surface area (Å²) < 4.78 is 0. The lowest BCUT2D eigenvalue weighted by atomic mass is 10.3. The normalized spacial score (nSPS) is 9.52. The summed E-state index contributed by atoms with van der Waals surface area (Å²) >= 11 is 0. The lowest BCUT2D eigenvalue weighted by Crippen LogP contribution is -2.14. The molecule has 0 aromatic carbocycles. The van der Waals surface area contributed by atoms with Gasteiger partial charge in [-0.2, -0.15) is 0 Å². The Labute approximate surface area is 124 Å². The van der Waals surface area contributed by atoms with Gasteiger partial charge in [0.05, 0.1) is 11.4 Å². The van der Waals surface area contributed by atoms with Crippen molar-refractivity contribution in [2.75, 3.05) is 0 Å². The zero-order valence-electron chi connectivity index (χ0n) is 11.8. The van der Waals surface area contributed by atoms with E-state index in [2.05, 4.69) is 20.3 Å². The molecular weight excluding hydrogens is 260 g/mol. The molecule has 1 N–H and O–H groups in total. The molecule has 3 aromatic heterocycles. The maximum Gasteiger partial charge on any atom is 0.0541 e. The highest BCUT2D eigenvalue weighted by atomic mass is 14.9. The van der Waals surface area contributed by atoms with E-state index in [0.717, 1.165) is 24.5 Å². The molecule has 0 aliphatic rings. The summed E-state index contributed by atoms with van der Waals surface area (Å²) in [5.74, 6) is 0. The van der Waals surface area contributed by atoms with Crippen LogP contribution >= 0.6 is 0 Å². The van der Waals surface area contributed by atoms with E-state index in [4.69, 9.17) is 0 Å². The van der Waals surface area contributed by atoms with Crippen molar-refractivity contribution in [1.29, 1.82) is 0 Å². The summed E-state index contributed by atoms with van der Waals surface area (Å²) in [6.45, 7) is 1.55. The summed E-state index contributed by atoms with van der Waals surface area (Å²) in [7, 11) is 0. The van der Waals surface area contributed by atoms with Gasteiger partial charge in [0.2, 0.25) is 0 Å². The first-order valence-electron chi connectivity index (χ1n) is 6.80. The van der Waals surface area contributed by atoms with Crippen molar-refractivity contribution in [3.8, 4) is 0 Å². The van der Waals surface area contributed by atoms with Crippen molar-refractivity contribution >= 4 is 0 Å². The molecule has 0 atom stereocenters. The topological polar surface area (TPSA) is 50.7 Å². The fourth-order valence-electron chi connectivity index (χ4n) is 1.64. The molecule has 0 radical (unpaired) electrons. The molecule has 0 saturated heterocycles. The van der Waals surface area contributed by atoms with E-state index in [0.29, 0.717) is 0 Å². The highest BCUT2D eigenvalue weighted by Gasteiger charge is 1.94. The number of pyridine rings is 3. The van der Waals surface area contributed by atoms with E-state index in [9.17, 15) is 0 Å². The van der Waals surface area contributed by atoms with Gasteiger partial charge in [0.25, 0.3) is 0 Å². The molecule has 21 heavy (non-hydrogen) atoms. The van der Waals surface area contributed by atoms with Crippen molar-refractivity contribution in [2.45, 2.75) is 13.1 Å². The van der Waals surface area contributed by atoms with Crippen LogP contribution in [0.25, 0.3) is 0 Å². The second kappa shape index (κ2) is 9.34. The Kier molecular flexibility index (Phi) is 6.58. The van der Waals surface area contributed by atoms with E-state index < -0.39 is 0 Å². The van der Waals surface area contributed by atoms with Crippen LogP contribution in [0.3, 0.4) is 0 Å². The molecule has 0 spiro atoms. The van der Waals surface area contributed by atoms with Crippen LogP contribution in [0, 0.1) is 0 Å². The highest BCUT2D eigenvalue weighted by Crippen LogP contribution is 1.95. The van der Waals surface area contributed by atoms with Crippen LogP contribution in [0.15, 0.2) is 79.4 Å². The molecule has 3 aromatic rings. The molecule has 0 saturated carbocycles.